The number of hydrogen-bond acceptors (Lipinski definition) is 5. The Morgan fingerprint density at radius 3 is 2.44 bits per heavy atom. The smallest absolute Gasteiger partial charge is 0.220 e. The summed E-state index contributed by atoms with van der Waals surface area (Å²) in [6.07, 6.45) is 1.01. The second-order valence-electron chi connectivity index (χ2n) is 3.03. The molecule has 1 aromatic carbocycles. The topological polar surface area (TPSA) is 80.0 Å². The third-order valence-corrected chi connectivity index (χ3v) is 2.24. The first-order valence-corrected chi connectivity index (χ1v) is 4.71. The Morgan fingerprint density at radius 1 is 1.25 bits per heavy atom. The molecule has 0 radical (unpaired) electrons. The monoisotopic (exact) mass is 259 g/mol. The van der Waals surface area contributed by atoms with Gasteiger partial charge < -0.3 is 5.73 Å². The summed E-state index contributed by atoms with van der Waals surface area (Å²) in [6.45, 7) is 0. The van der Waals surface area contributed by atoms with E-state index in [-0.39, 0.29) is 18.4 Å². The fourth-order valence-electron chi connectivity index (χ4n) is 1.25. The molecule has 0 aromatic heterocycles. The van der Waals surface area contributed by atoms with E-state index in [1.807, 2.05) is 12.1 Å². The van der Waals surface area contributed by atoms with Crippen molar-refractivity contribution < 1.29 is 0 Å². The largest absolute Gasteiger partial charge is 0.368 e. The first-order valence-electron chi connectivity index (χ1n) is 4.34. The minimum absolute atomic E-state index is 0. The van der Waals surface area contributed by atoms with Crippen LogP contribution in [0.25, 0.3) is 0 Å². The van der Waals surface area contributed by atoms with Gasteiger partial charge in [-0.05, 0) is 24.3 Å². The van der Waals surface area contributed by atoms with Gasteiger partial charge in [-0.3, -0.25) is 10.6 Å². The summed E-state index contributed by atoms with van der Waals surface area (Å²) in [7, 11) is 0. The van der Waals surface area contributed by atoms with Crippen molar-refractivity contribution in [3.8, 4) is 0 Å². The molecule has 7 heteroatoms. The van der Waals surface area contributed by atoms with E-state index in [0.29, 0.717) is 5.02 Å². The van der Waals surface area contributed by atoms with E-state index in [0.717, 1.165) is 5.69 Å². The predicted molar refractivity (Wildman–Crippen MR) is 69.3 cm³/mol. The average Bonchev–Trinajstić information content (AvgIpc) is 2.20. The summed E-state index contributed by atoms with van der Waals surface area (Å²) < 4.78 is 0. The zero-order chi connectivity index (χ0) is 10.8. The van der Waals surface area contributed by atoms with Crippen LogP contribution in [-0.4, -0.2) is 18.6 Å². The van der Waals surface area contributed by atoms with Gasteiger partial charge in [-0.25, -0.2) is 9.98 Å². The highest BCUT2D eigenvalue weighted by Crippen LogP contribution is 2.19. The van der Waals surface area contributed by atoms with Crippen LogP contribution in [0.15, 0.2) is 34.3 Å². The van der Waals surface area contributed by atoms with Gasteiger partial charge in [0, 0.05) is 10.7 Å². The van der Waals surface area contributed by atoms with E-state index in [1.165, 1.54) is 0 Å². The van der Waals surface area contributed by atoms with Crippen LogP contribution in [0.4, 0.5) is 5.69 Å². The third kappa shape index (κ3) is 2.63. The van der Waals surface area contributed by atoms with Crippen molar-refractivity contribution in [1.82, 2.24) is 0 Å². The standard InChI is InChI=1S/C9H10ClN5.ClH/c10-6-1-3-7(4-2-6)15-5-13-8(11)14-9(15)12;/h1-5,9H,12H2,(H2,11,14);1H. The van der Waals surface area contributed by atoms with Crippen molar-refractivity contribution in [2.24, 2.45) is 21.5 Å². The molecule has 0 aliphatic carbocycles. The lowest BCUT2D eigenvalue weighted by Crippen LogP contribution is -2.44. The van der Waals surface area contributed by atoms with Crippen LogP contribution in [0, 0.1) is 0 Å². The molecule has 0 saturated heterocycles. The minimum Gasteiger partial charge on any atom is -0.368 e. The number of aliphatic imine (C=N–C) groups is 2. The maximum Gasteiger partial charge on any atom is 0.220 e. The van der Waals surface area contributed by atoms with Gasteiger partial charge in [0.15, 0.2) is 6.29 Å². The van der Waals surface area contributed by atoms with Crippen molar-refractivity contribution in [3.05, 3.63) is 29.3 Å². The Balaban J connectivity index is 0.00000128. The number of rotatable bonds is 1. The number of benzene rings is 1. The molecule has 16 heavy (non-hydrogen) atoms. The zero-order valence-electron chi connectivity index (χ0n) is 8.25. The van der Waals surface area contributed by atoms with Crippen molar-refractivity contribution >= 4 is 42.0 Å². The summed E-state index contributed by atoms with van der Waals surface area (Å²) >= 11 is 5.78. The molecule has 1 unspecified atom stereocenters. The fraction of sp³-hybridized carbons (Fsp3) is 0.111. The lowest BCUT2D eigenvalue weighted by molar-refractivity contribution is 0.729. The van der Waals surface area contributed by atoms with Crippen molar-refractivity contribution in [2.45, 2.75) is 6.29 Å². The lowest BCUT2D eigenvalue weighted by Gasteiger charge is -2.26. The third-order valence-electron chi connectivity index (χ3n) is 1.99. The summed E-state index contributed by atoms with van der Waals surface area (Å²) in [5, 5.41) is 0.671. The Kier molecular flexibility index (Phi) is 4.12. The second-order valence-corrected chi connectivity index (χ2v) is 3.47. The van der Waals surface area contributed by atoms with E-state index in [4.69, 9.17) is 23.1 Å². The quantitative estimate of drug-likeness (QED) is 0.795. The van der Waals surface area contributed by atoms with Gasteiger partial charge in [-0.1, -0.05) is 11.6 Å². The Morgan fingerprint density at radius 2 is 1.88 bits per heavy atom. The van der Waals surface area contributed by atoms with E-state index in [2.05, 4.69) is 9.98 Å². The van der Waals surface area contributed by atoms with Gasteiger partial charge in [0.25, 0.3) is 0 Å². The maximum atomic E-state index is 5.78. The van der Waals surface area contributed by atoms with Crippen molar-refractivity contribution in [2.75, 3.05) is 4.90 Å². The highest BCUT2D eigenvalue weighted by Gasteiger charge is 2.15. The molecule has 2 rings (SSSR count). The normalized spacial score (nSPS) is 19.0. The van der Waals surface area contributed by atoms with Crippen LogP contribution in [0.1, 0.15) is 0 Å². The van der Waals surface area contributed by atoms with Gasteiger partial charge in [-0.15, -0.1) is 12.4 Å². The molecule has 1 atom stereocenters. The summed E-state index contributed by atoms with van der Waals surface area (Å²) in [5.41, 5.74) is 12.1. The number of halogens is 2. The zero-order valence-corrected chi connectivity index (χ0v) is 9.82. The summed E-state index contributed by atoms with van der Waals surface area (Å²) in [5.74, 6) is 0.188. The Hall–Kier alpha value is -1.30. The van der Waals surface area contributed by atoms with Crippen molar-refractivity contribution in [1.29, 1.82) is 0 Å². The SMILES string of the molecule is Cl.NC1=NC(N)N(c2ccc(Cl)cc2)C=N1. The molecule has 0 fully saturated rings. The van der Waals surface area contributed by atoms with Gasteiger partial charge in [0.1, 0.15) is 6.34 Å². The number of hydrogen-bond donors (Lipinski definition) is 2. The summed E-state index contributed by atoms with van der Waals surface area (Å²) in [6, 6.07) is 7.23. The van der Waals surface area contributed by atoms with E-state index < -0.39 is 6.29 Å². The first-order chi connectivity index (χ1) is 7.16. The molecular weight excluding hydrogens is 249 g/mol. The van der Waals surface area contributed by atoms with Crippen LogP contribution < -0.4 is 16.4 Å². The molecule has 1 aromatic rings. The lowest BCUT2D eigenvalue weighted by atomic mass is 10.3. The highest BCUT2D eigenvalue weighted by atomic mass is 35.5. The molecule has 1 heterocycles. The van der Waals surface area contributed by atoms with Crippen LogP contribution in [0.2, 0.25) is 5.02 Å². The average molecular weight is 260 g/mol. The predicted octanol–water partition coefficient (Wildman–Crippen LogP) is 1.17. The minimum atomic E-state index is -0.538. The van der Waals surface area contributed by atoms with Crippen LogP contribution >= 0.6 is 24.0 Å². The number of nitrogens with two attached hydrogens (primary N) is 2. The molecule has 1 aliphatic heterocycles. The maximum absolute atomic E-state index is 5.78. The van der Waals surface area contributed by atoms with E-state index >= 15 is 0 Å². The number of anilines is 1. The molecule has 86 valence electrons. The van der Waals surface area contributed by atoms with Gasteiger partial charge in [-0.2, -0.15) is 0 Å². The number of nitrogens with zero attached hydrogens (tertiary/aromatic N) is 3. The molecular formula is C9H11Cl2N5. The van der Waals surface area contributed by atoms with Crippen LogP contribution in [0.5, 0.6) is 0 Å². The van der Waals surface area contributed by atoms with Crippen molar-refractivity contribution in [3.63, 3.8) is 0 Å². The van der Waals surface area contributed by atoms with Gasteiger partial charge in [0.2, 0.25) is 5.96 Å². The number of guanidine groups is 1. The molecule has 4 N–H and O–H groups in total. The van der Waals surface area contributed by atoms with E-state index in [1.54, 1.807) is 23.4 Å². The molecule has 0 amide bonds. The molecule has 0 saturated carbocycles. The van der Waals surface area contributed by atoms with E-state index in [9.17, 15) is 0 Å². The first kappa shape index (κ1) is 12.8. The highest BCUT2D eigenvalue weighted by molar-refractivity contribution is 6.30. The molecule has 1 aliphatic rings. The van der Waals surface area contributed by atoms with Crippen LogP contribution in [0.3, 0.4) is 0 Å². The molecule has 0 bridgehead atoms. The second kappa shape index (κ2) is 5.16. The Bertz CT molecular complexity index is 414. The van der Waals surface area contributed by atoms with Crippen LogP contribution in [-0.2, 0) is 0 Å². The van der Waals surface area contributed by atoms with Gasteiger partial charge in [0.05, 0.1) is 0 Å². The Labute approximate surface area is 104 Å². The fourth-order valence-corrected chi connectivity index (χ4v) is 1.38. The van der Waals surface area contributed by atoms with Gasteiger partial charge >= 0.3 is 0 Å². The molecule has 0 spiro atoms. The summed E-state index contributed by atoms with van der Waals surface area (Å²) in [4.78, 5) is 9.51. The molecule has 5 nitrogen and oxygen atoms in total.